The van der Waals surface area contributed by atoms with Crippen LogP contribution in [0.15, 0.2) is 18.2 Å². The van der Waals surface area contributed by atoms with Crippen molar-refractivity contribution in [1.82, 2.24) is 0 Å². The molecule has 1 aromatic carbocycles. The maximum atomic E-state index is 11.7. The third-order valence-electron chi connectivity index (χ3n) is 2.20. The van der Waals surface area contributed by atoms with Gasteiger partial charge in [-0.2, -0.15) is 0 Å². The van der Waals surface area contributed by atoms with Gasteiger partial charge in [-0.05, 0) is 12.1 Å². The van der Waals surface area contributed by atoms with Crippen LogP contribution in [-0.4, -0.2) is 16.9 Å². The van der Waals surface area contributed by atoms with Crippen LogP contribution in [0.25, 0.3) is 0 Å². The molecule has 0 unspecified atom stereocenters. The Morgan fingerprint density at radius 3 is 2.29 bits per heavy atom. The molecule has 2 amide bonds. The third-order valence-corrected chi connectivity index (χ3v) is 2.20. The Labute approximate surface area is 99.6 Å². The highest BCUT2D eigenvalue weighted by Gasteiger charge is 2.21. The van der Waals surface area contributed by atoms with E-state index in [1.54, 1.807) is 20.8 Å². The van der Waals surface area contributed by atoms with Crippen molar-refractivity contribution in [3.8, 4) is 5.75 Å². The maximum Gasteiger partial charge on any atom is 0.252 e. The van der Waals surface area contributed by atoms with E-state index in [1.165, 1.54) is 18.2 Å². The molecule has 0 bridgehead atoms. The van der Waals surface area contributed by atoms with Gasteiger partial charge < -0.3 is 16.2 Å². The van der Waals surface area contributed by atoms with E-state index >= 15 is 0 Å². The molecular weight excluding hydrogens is 220 g/mol. The first-order chi connectivity index (χ1) is 7.71. The number of phenols is 1. The second kappa shape index (κ2) is 4.45. The zero-order valence-corrected chi connectivity index (χ0v) is 10.1. The minimum Gasteiger partial charge on any atom is -0.507 e. The highest BCUT2D eigenvalue weighted by atomic mass is 16.3. The number of amides is 2. The van der Waals surface area contributed by atoms with E-state index in [4.69, 9.17) is 5.73 Å². The Morgan fingerprint density at radius 2 is 1.88 bits per heavy atom. The maximum absolute atomic E-state index is 11.7. The zero-order chi connectivity index (χ0) is 13.2. The van der Waals surface area contributed by atoms with Crippen molar-refractivity contribution in [2.45, 2.75) is 20.8 Å². The SMILES string of the molecule is CC(C)(C)C(=O)Nc1ccc(C(N)=O)c(O)c1. The Balaban J connectivity index is 2.92. The summed E-state index contributed by atoms with van der Waals surface area (Å²) in [6.45, 7) is 5.33. The van der Waals surface area contributed by atoms with E-state index in [0.717, 1.165) is 0 Å². The van der Waals surface area contributed by atoms with Gasteiger partial charge in [-0.25, -0.2) is 0 Å². The standard InChI is InChI=1S/C12H16N2O3/c1-12(2,3)11(17)14-7-4-5-8(10(13)16)9(15)6-7/h4-6,15H,1-3H3,(H2,13,16)(H,14,17). The first-order valence-electron chi connectivity index (χ1n) is 5.16. The summed E-state index contributed by atoms with van der Waals surface area (Å²) >= 11 is 0. The van der Waals surface area contributed by atoms with Crippen LogP contribution in [0.3, 0.4) is 0 Å². The number of benzene rings is 1. The van der Waals surface area contributed by atoms with Crippen LogP contribution in [0.4, 0.5) is 5.69 Å². The molecule has 0 saturated carbocycles. The molecule has 0 saturated heterocycles. The van der Waals surface area contributed by atoms with Gasteiger partial charge in [0.1, 0.15) is 5.75 Å². The lowest BCUT2D eigenvalue weighted by Gasteiger charge is -2.17. The smallest absolute Gasteiger partial charge is 0.252 e. The van der Waals surface area contributed by atoms with Crippen LogP contribution < -0.4 is 11.1 Å². The molecule has 5 nitrogen and oxygen atoms in total. The summed E-state index contributed by atoms with van der Waals surface area (Å²) in [4.78, 5) is 22.6. The normalized spacial score (nSPS) is 11.0. The summed E-state index contributed by atoms with van der Waals surface area (Å²) in [5.41, 5.74) is 4.97. The van der Waals surface area contributed by atoms with Crippen LogP contribution in [0, 0.1) is 5.41 Å². The number of hydrogen-bond acceptors (Lipinski definition) is 3. The molecule has 17 heavy (non-hydrogen) atoms. The average Bonchev–Trinajstić information content (AvgIpc) is 2.15. The van der Waals surface area contributed by atoms with E-state index in [9.17, 15) is 14.7 Å². The van der Waals surface area contributed by atoms with Crippen LogP contribution in [0.1, 0.15) is 31.1 Å². The van der Waals surface area contributed by atoms with Gasteiger partial charge in [0.2, 0.25) is 5.91 Å². The molecule has 5 heteroatoms. The molecule has 0 fully saturated rings. The Kier molecular flexibility index (Phi) is 3.41. The topological polar surface area (TPSA) is 92.4 Å². The molecule has 4 N–H and O–H groups in total. The summed E-state index contributed by atoms with van der Waals surface area (Å²) in [6.07, 6.45) is 0. The molecule has 1 aromatic rings. The fourth-order valence-corrected chi connectivity index (χ4v) is 1.14. The fourth-order valence-electron chi connectivity index (χ4n) is 1.14. The molecule has 1 rings (SSSR count). The summed E-state index contributed by atoms with van der Waals surface area (Å²) in [6, 6.07) is 4.18. The van der Waals surface area contributed by atoms with E-state index in [1.807, 2.05) is 0 Å². The van der Waals surface area contributed by atoms with Crippen LogP contribution in [0.5, 0.6) is 5.75 Å². The molecule has 0 spiro atoms. The van der Waals surface area contributed by atoms with E-state index < -0.39 is 11.3 Å². The van der Waals surface area contributed by atoms with Crippen molar-refractivity contribution >= 4 is 17.5 Å². The highest BCUT2D eigenvalue weighted by Crippen LogP contribution is 2.23. The number of carbonyl (C=O) groups is 2. The van der Waals surface area contributed by atoms with Gasteiger partial charge >= 0.3 is 0 Å². The van der Waals surface area contributed by atoms with Gasteiger partial charge in [-0.15, -0.1) is 0 Å². The molecule has 0 aliphatic carbocycles. The Hall–Kier alpha value is -2.04. The van der Waals surface area contributed by atoms with Crippen molar-refractivity contribution in [2.75, 3.05) is 5.32 Å². The summed E-state index contributed by atoms with van der Waals surface area (Å²) in [5.74, 6) is -1.14. The van der Waals surface area contributed by atoms with Crippen molar-refractivity contribution in [2.24, 2.45) is 11.1 Å². The van der Waals surface area contributed by atoms with Crippen molar-refractivity contribution in [3.05, 3.63) is 23.8 Å². The molecule has 0 radical (unpaired) electrons. The first-order valence-corrected chi connectivity index (χ1v) is 5.16. The van der Waals surface area contributed by atoms with Crippen molar-refractivity contribution in [3.63, 3.8) is 0 Å². The van der Waals surface area contributed by atoms with Gasteiger partial charge in [0.25, 0.3) is 5.91 Å². The fraction of sp³-hybridized carbons (Fsp3) is 0.333. The highest BCUT2D eigenvalue weighted by molar-refractivity contribution is 5.98. The number of nitrogens with one attached hydrogen (secondary N) is 1. The van der Waals surface area contributed by atoms with Gasteiger partial charge in [-0.1, -0.05) is 20.8 Å². The van der Waals surface area contributed by atoms with E-state index in [0.29, 0.717) is 5.69 Å². The summed E-state index contributed by atoms with van der Waals surface area (Å²) in [7, 11) is 0. The lowest BCUT2D eigenvalue weighted by atomic mass is 9.95. The molecule has 0 atom stereocenters. The average molecular weight is 236 g/mol. The summed E-state index contributed by atoms with van der Waals surface area (Å²) < 4.78 is 0. The van der Waals surface area contributed by atoms with Crippen LogP contribution in [0.2, 0.25) is 0 Å². The number of hydrogen-bond donors (Lipinski definition) is 3. The monoisotopic (exact) mass is 236 g/mol. The zero-order valence-electron chi connectivity index (χ0n) is 10.1. The van der Waals surface area contributed by atoms with Crippen LogP contribution in [-0.2, 0) is 4.79 Å². The Morgan fingerprint density at radius 1 is 1.29 bits per heavy atom. The predicted molar refractivity (Wildman–Crippen MR) is 64.7 cm³/mol. The van der Waals surface area contributed by atoms with E-state index in [-0.39, 0.29) is 17.2 Å². The molecule has 0 aliphatic rings. The largest absolute Gasteiger partial charge is 0.507 e. The number of anilines is 1. The lowest BCUT2D eigenvalue weighted by molar-refractivity contribution is -0.123. The second-order valence-corrected chi connectivity index (χ2v) is 4.80. The molecule has 0 aliphatic heterocycles. The number of nitrogens with two attached hydrogens (primary N) is 1. The van der Waals surface area contributed by atoms with Gasteiger partial charge in [-0.3, -0.25) is 9.59 Å². The lowest BCUT2D eigenvalue weighted by Crippen LogP contribution is -2.27. The third kappa shape index (κ3) is 3.21. The minimum absolute atomic E-state index is 0.0266. The molecule has 0 heterocycles. The van der Waals surface area contributed by atoms with Gasteiger partial charge in [0.15, 0.2) is 0 Å². The first kappa shape index (κ1) is 13.0. The number of primary amides is 1. The van der Waals surface area contributed by atoms with Gasteiger partial charge in [0, 0.05) is 17.2 Å². The van der Waals surface area contributed by atoms with Crippen molar-refractivity contribution in [1.29, 1.82) is 0 Å². The molecule has 0 aromatic heterocycles. The Bertz CT molecular complexity index is 461. The second-order valence-electron chi connectivity index (χ2n) is 4.80. The van der Waals surface area contributed by atoms with Gasteiger partial charge in [0.05, 0.1) is 5.56 Å². The van der Waals surface area contributed by atoms with Crippen LogP contribution >= 0.6 is 0 Å². The quantitative estimate of drug-likeness (QED) is 0.726. The van der Waals surface area contributed by atoms with Crippen molar-refractivity contribution < 1.29 is 14.7 Å². The number of aromatic hydroxyl groups is 1. The molecular formula is C12H16N2O3. The number of rotatable bonds is 2. The minimum atomic E-state index is -0.712. The number of carbonyl (C=O) groups excluding carboxylic acids is 2. The summed E-state index contributed by atoms with van der Waals surface area (Å²) in [5, 5.41) is 12.2. The van der Waals surface area contributed by atoms with E-state index in [2.05, 4.69) is 5.32 Å². The molecule has 92 valence electrons. The predicted octanol–water partition coefficient (Wildman–Crippen LogP) is 1.48.